The van der Waals surface area contributed by atoms with Crippen LogP contribution in [0.1, 0.15) is 57.6 Å². The number of carbonyl (C=O) groups is 1. The number of ether oxygens (including phenoxy) is 1. The minimum atomic E-state index is -0.736. The van der Waals surface area contributed by atoms with Gasteiger partial charge >= 0.3 is 17.7 Å². The summed E-state index contributed by atoms with van der Waals surface area (Å²) >= 11 is 0. The Morgan fingerprint density at radius 1 is 1.24 bits per heavy atom. The van der Waals surface area contributed by atoms with Gasteiger partial charge < -0.3 is 14.8 Å². The van der Waals surface area contributed by atoms with Crippen LogP contribution < -0.4 is 10.4 Å². The van der Waals surface area contributed by atoms with E-state index in [0.717, 1.165) is 51.6 Å². The van der Waals surface area contributed by atoms with Gasteiger partial charge in [-0.05, 0) is 52.1 Å². The molecule has 160 valence electrons. The van der Waals surface area contributed by atoms with Crippen molar-refractivity contribution in [3.05, 3.63) is 16.2 Å². The number of rotatable bonds is 10. The van der Waals surface area contributed by atoms with E-state index in [2.05, 4.69) is 26.8 Å². The molecule has 9 nitrogen and oxygen atoms in total. The van der Waals surface area contributed by atoms with Crippen molar-refractivity contribution >= 4 is 17.1 Å². The topological polar surface area (TPSA) is 113 Å². The Kier molecular flexibility index (Phi) is 7.24. The lowest BCUT2D eigenvalue weighted by Gasteiger charge is -2.32. The molecule has 1 fully saturated rings. The Balaban J connectivity index is 1.64. The van der Waals surface area contributed by atoms with E-state index in [0.29, 0.717) is 42.4 Å². The Morgan fingerprint density at radius 2 is 2.03 bits per heavy atom. The fraction of sp³-hybridized carbons (Fsp3) is 0.700. The fourth-order valence-electron chi connectivity index (χ4n) is 3.85. The fourth-order valence-corrected chi connectivity index (χ4v) is 3.85. The first-order valence-corrected chi connectivity index (χ1v) is 10.6. The number of aryl methyl sites for hydroxylation is 2. The van der Waals surface area contributed by atoms with Gasteiger partial charge in [0.1, 0.15) is 11.6 Å². The first-order chi connectivity index (χ1) is 14.0. The molecule has 0 aliphatic carbocycles. The van der Waals surface area contributed by atoms with Crippen molar-refractivity contribution < 1.29 is 14.6 Å². The SMILES string of the molecule is CCCCOc1nc(C)c2[nH]c(=O)n(CCCCN3CCCCC3C(=O)O)c2n1. The summed E-state index contributed by atoms with van der Waals surface area (Å²) in [6, 6.07) is -0.0772. The van der Waals surface area contributed by atoms with E-state index in [1.54, 1.807) is 4.57 Å². The zero-order chi connectivity index (χ0) is 20.8. The molecule has 1 atom stereocenters. The quantitative estimate of drug-likeness (QED) is 0.583. The summed E-state index contributed by atoms with van der Waals surface area (Å²) < 4.78 is 7.25. The van der Waals surface area contributed by atoms with E-state index < -0.39 is 5.97 Å². The molecule has 2 aromatic rings. The molecule has 0 radical (unpaired) electrons. The van der Waals surface area contributed by atoms with E-state index in [1.165, 1.54) is 0 Å². The molecule has 0 aromatic carbocycles. The number of carboxylic acids is 1. The largest absolute Gasteiger partial charge is 0.480 e. The van der Waals surface area contributed by atoms with E-state index in [4.69, 9.17) is 4.74 Å². The van der Waals surface area contributed by atoms with E-state index >= 15 is 0 Å². The molecule has 1 aliphatic heterocycles. The van der Waals surface area contributed by atoms with E-state index in [9.17, 15) is 14.7 Å². The van der Waals surface area contributed by atoms with Gasteiger partial charge in [0.05, 0.1) is 12.3 Å². The molecule has 2 aromatic heterocycles. The number of fused-ring (bicyclic) bond motifs is 1. The van der Waals surface area contributed by atoms with Crippen molar-refractivity contribution in [3.8, 4) is 6.01 Å². The van der Waals surface area contributed by atoms with Gasteiger partial charge in [-0.1, -0.05) is 19.8 Å². The van der Waals surface area contributed by atoms with Crippen molar-refractivity contribution in [2.75, 3.05) is 19.7 Å². The lowest BCUT2D eigenvalue weighted by atomic mass is 10.0. The van der Waals surface area contributed by atoms with Gasteiger partial charge in [0.2, 0.25) is 0 Å². The number of aliphatic carboxylic acids is 1. The second kappa shape index (κ2) is 9.87. The Morgan fingerprint density at radius 3 is 2.79 bits per heavy atom. The summed E-state index contributed by atoms with van der Waals surface area (Å²) in [6.45, 7) is 6.55. The van der Waals surface area contributed by atoms with Crippen LogP contribution in [0.2, 0.25) is 0 Å². The highest BCUT2D eigenvalue weighted by atomic mass is 16.5. The molecule has 0 amide bonds. The standard InChI is InChI=1S/C20H31N5O4/c1-3-4-13-29-19-21-14(2)16-17(23-19)25(20(28)22-16)12-8-7-11-24-10-6-5-9-15(24)18(26)27/h15H,3-13H2,1-2H3,(H,22,28)(H,26,27). The average molecular weight is 405 g/mol. The number of aromatic nitrogens is 4. The van der Waals surface area contributed by atoms with Gasteiger partial charge in [-0.25, -0.2) is 4.79 Å². The monoisotopic (exact) mass is 405 g/mol. The van der Waals surface area contributed by atoms with Crippen LogP contribution >= 0.6 is 0 Å². The number of nitrogens with zero attached hydrogens (tertiary/aromatic N) is 4. The van der Waals surface area contributed by atoms with Crippen molar-refractivity contribution in [1.82, 2.24) is 24.4 Å². The van der Waals surface area contributed by atoms with Crippen LogP contribution in [0.4, 0.5) is 0 Å². The molecule has 1 aliphatic rings. The van der Waals surface area contributed by atoms with Crippen LogP contribution in [0.3, 0.4) is 0 Å². The second-order valence-electron chi connectivity index (χ2n) is 7.67. The van der Waals surface area contributed by atoms with Crippen LogP contribution in [0, 0.1) is 6.92 Å². The number of H-pyrrole nitrogens is 1. The smallest absolute Gasteiger partial charge is 0.327 e. The van der Waals surface area contributed by atoms with E-state index in [1.807, 2.05) is 6.92 Å². The zero-order valence-corrected chi connectivity index (χ0v) is 17.3. The molecular formula is C20H31N5O4. The van der Waals surface area contributed by atoms with Gasteiger partial charge in [0.25, 0.3) is 0 Å². The molecule has 1 unspecified atom stereocenters. The Hall–Kier alpha value is -2.42. The number of aromatic amines is 1. The number of unbranched alkanes of at least 4 members (excludes halogenated alkanes) is 2. The van der Waals surface area contributed by atoms with Crippen LogP contribution in [-0.4, -0.2) is 61.2 Å². The molecular weight excluding hydrogens is 374 g/mol. The number of carboxylic acid groups (broad SMARTS) is 1. The maximum atomic E-state index is 12.4. The second-order valence-corrected chi connectivity index (χ2v) is 7.67. The zero-order valence-electron chi connectivity index (χ0n) is 17.3. The van der Waals surface area contributed by atoms with Crippen molar-refractivity contribution in [2.45, 2.75) is 71.4 Å². The molecule has 0 bridgehead atoms. The van der Waals surface area contributed by atoms with Gasteiger partial charge in [0, 0.05) is 6.54 Å². The summed E-state index contributed by atoms with van der Waals surface area (Å²) in [5.74, 6) is -0.736. The molecule has 9 heteroatoms. The highest BCUT2D eigenvalue weighted by molar-refractivity contribution is 5.74. The lowest BCUT2D eigenvalue weighted by molar-refractivity contribution is -0.144. The van der Waals surface area contributed by atoms with Gasteiger partial charge in [0.15, 0.2) is 5.65 Å². The number of nitrogens with one attached hydrogen (secondary N) is 1. The Bertz CT molecular complexity index is 891. The van der Waals surface area contributed by atoms with Gasteiger partial charge in [-0.2, -0.15) is 9.97 Å². The predicted octanol–water partition coefficient (Wildman–Crippen LogP) is 2.33. The summed E-state index contributed by atoms with van der Waals surface area (Å²) in [5.41, 5.74) is 1.69. The molecule has 3 rings (SSSR count). The predicted molar refractivity (Wildman–Crippen MR) is 109 cm³/mol. The first-order valence-electron chi connectivity index (χ1n) is 10.6. The normalized spacial score (nSPS) is 17.7. The van der Waals surface area contributed by atoms with Crippen LogP contribution in [-0.2, 0) is 11.3 Å². The van der Waals surface area contributed by atoms with Gasteiger partial charge in [-0.15, -0.1) is 0 Å². The Labute approximate surface area is 170 Å². The molecule has 1 saturated heterocycles. The number of piperidine rings is 1. The van der Waals surface area contributed by atoms with Crippen LogP contribution in [0.25, 0.3) is 11.2 Å². The van der Waals surface area contributed by atoms with Crippen molar-refractivity contribution in [3.63, 3.8) is 0 Å². The van der Waals surface area contributed by atoms with Crippen LogP contribution in [0.5, 0.6) is 6.01 Å². The maximum absolute atomic E-state index is 12.4. The summed E-state index contributed by atoms with van der Waals surface area (Å²) in [6.07, 6.45) is 6.28. The lowest BCUT2D eigenvalue weighted by Crippen LogP contribution is -2.45. The number of imidazole rings is 1. The van der Waals surface area contributed by atoms with Gasteiger partial charge in [-0.3, -0.25) is 14.3 Å². The molecule has 2 N–H and O–H groups in total. The minimum absolute atomic E-state index is 0.204. The van der Waals surface area contributed by atoms with E-state index in [-0.39, 0.29) is 11.7 Å². The third kappa shape index (κ3) is 5.14. The minimum Gasteiger partial charge on any atom is -0.480 e. The molecule has 29 heavy (non-hydrogen) atoms. The van der Waals surface area contributed by atoms with Crippen LogP contribution in [0.15, 0.2) is 4.79 Å². The summed E-state index contributed by atoms with van der Waals surface area (Å²) in [7, 11) is 0. The van der Waals surface area contributed by atoms with Crippen molar-refractivity contribution in [2.24, 2.45) is 0 Å². The first kappa shape index (κ1) is 21.3. The number of hydrogen-bond donors (Lipinski definition) is 2. The third-order valence-electron chi connectivity index (χ3n) is 5.49. The summed E-state index contributed by atoms with van der Waals surface area (Å²) in [4.78, 5) is 37.5. The number of hydrogen-bond acceptors (Lipinski definition) is 6. The molecule has 0 saturated carbocycles. The highest BCUT2D eigenvalue weighted by Crippen LogP contribution is 2.19. The third-order valence-corrected chi connectivity index (χ3v) is 5.49. The average Bonchev–Trinajstić information content (AvgIpc) is 3.02. The number of likely N-dealkylation sites (tertiary alicyclic amines) is 1. The van der Waals surface area contributed by atoms with Crippen molar-refractivity contribution in [1.29, 1.82) is 0 Å². The molecule has 3 heterocycles. The summed E-state index contributed by atoms with van der Waals surface area (Å²) in [5, 5.41) is 9.38. The highest BCUT2D eigenvalue weighted by Gasteiger charge is 2.27. The molecule has 0 spiro atoms. The maximum Gasteiger partial charge on any atom is 0.327 e.